The molecule has 1 aliphatic rings. The van der Waals surface area contributed by atoms with Crippen molar-refractivity contribution in [1.29, 1.82) is 5.26 Å². The Morgan fingerprint density at radius 1 is 1.37 bits per heavy atom. The van der Waals surface area contributed by atoms with Gasteiger partial charge in [-0.1, -0.05) is 30.3 Å². The van der Waals surface area contributed by atoms with E-state index in [2.05, 4.69) is 35.3 Å². The molecule has 0 radical (unpaired) electrons. The van der Waals surface area contributed by atoms with Crippen LogP contribution in [0.4, 0.5) is 5.82 Å². The number of nitrogens with two attached hydrogens (primary N) is 1. The molecule has 2 aromatic rings. The van der Waals surface area contributed by atoms with Crippen LogP contribution in [0.3, 0.4) is 0 Å². The Bertz CT molecular complexity index is 622. The van der Waals surface area contributed by atoms with Crippen molar-refractivity contribution in [1.82, 2.24) is 9.55 Å². The van der Waals surface area contributed by atoms with Crippen molar-refractivity contribution in [2.75, 3.05) is 5.73 Å². The average molecular weight is 252 g/mol. The highest BCUT2D eigenvalue weighted by atomic mass is 15.1. The molecule has 4 nitrogen and oxygen atoms in total. The van der Waals surface area contributed by atoms with Crippen LogP contribution in [-0.2, 0) is 19.4 Å². The maximum atomic E-state index is 9.07. The monoisotopic (exact) mass is 252 g/mol. The van der Waals surface area contributed by atoms with Crippen LogP contribution < -0.4 is 5.73 Å². The van der Waals surface area contributed by atoms with Crippen LogP contribution in [0, 0.1) is 17.2 Å². The second-order valence-electron chi connectivity index (χ2n) is 5.07. The van der Waals surface area contributed by atoms with E-state index in [4.69, 9.17) is 11.0 Å². The fourth-order valence-electron chi connectivity index (χ4n) is 2.83. The van der Waals surface area contributed by atoms with Gasteiger partial charge in [-0.25, -0.2) is 4.98 Å². The number of imidazole rings is 1. The predicted molar refractivity (Wildman–Crippen MR) is 73.3 cm³/mol. The molecule has 0 amide bonds. The summed E-state index contributed by atoms with van der Waals surface area (Å²) in [5, 5.41) is 9.07. The molecule has 0 spiro atoms. The maximum Gasteiger partial charge on any atom is 0.164 e. The molecule has 0 aliphatic carbocycles. The number of benzene rings is 1. The number of fused-ring (bicyclic) bond motifs is 1. The zero-order chi connectivity index (χ0) is 13.2. The quantitative estimate of drug-likeness (QED) is 0.890. The number of hydrogen-bond donors (Lipinski definition) is 1. The van der Waals surface area contributed by atoms with E-state index < -0.39 is 0 Å². The molecule has 2 heterocycles. The van der Waals surface area contributed by atoms with Gasteiger partial charge in [0.05, 0.1) is 0 Å². The summed E-state index contributed by atoms with van der Waals surface area (Å²) in [6.07, 6.45) is 3.04. The lowest BCUT2D eigenvalue weighted by atomic mass is 9.91. The first-order valence-electron chi connectivity index (χ1n) is 6.57. The normalized spacial score (nSPS) is 17.7. The summed E-state index contributed by atoms with van der Waals surface area (Å²) in [5.74, 6) is 1.92. The molecule has 1 aliphatic heterocycles. The van der Waals surface area contributed by atoms with Crippen molar-refractivity contribution in [3.05, 3.63) is 47.4 Å². The Morgan fingerprint density at radius 2 is 2.16 bits per heavy atom. The molecule has 0 fully saturated rings. The van der Waals surface area contributed by atoms with Crippen molar-refractivity contribution in [3.8, 4) is 6.07 Å². The molecule has 19 heavy (non-hydrogen) atoms. The summed E-state index contributed by atoms with van der Waals surface area (Å²) >= 11 is 0. The van der Waals surface area contributed by atoms with Crippen molar-refractivity contribution in [3.63, 3.8) is 0 Å². The molecule has 96 valence electrons. The molecule has 2 N–H and O–H groups in total. The van der Waals surface area contributed by atoms with Gasteiger partial charge in [0.15, 0.2) is 11.5 Å². The number of hydrogen-bond acceptors (Lipinski definition) is 3. The van der Waals surface area contributed by atoms with E-state index in [1.54, 1.807) is 0 Å². The highest BCUT2D eigenvalue weighted by molar-refractivity contribution is 5.46. The molecule has 0 saturated heterocycles. The van der Waals surface area contributed by atoms with Crippen LogP contribution in [0.2, 0.25) is 0 Å². The fourth-order valence-corrected chi connectivity index (χ4v) is 2.83. The van der Waals surface area contributed by atoms with Gasteiger partial charge in [-0.3, -0.25) is 0 Å². The number of nitrogen functional groups attached to an aromatic ring is 1. The summed E-state index contributed by atoms with van der Waals surface area (Å²) in [6.45, 7) is 0.847. The van der Waals surface area contributed by atoms with Crippen molar-refractivity contribution in [2.24, 2.45) is 5.92 Å². The van der Waals surface area contributed by atoms with Gasteiger partial charge in [-0.05, 0) is 24.3 Å². The van der Waals surface area contributed by atoms with Crippen molar-refractivity contribution in [2.45, 2.75) is 25.8 Å². The Hall–Kier alpha value is -2.28. The van der Waals surface area contributed by atoms with Crippen LogP contribution in [-0.4, -0.2) is 9.55 Å². The SMILES string of the molecule is N#Cc1c(N)nc2n1CCC(Cc1ccccc1)C2. The summed E-state index contributed by atoms with van der Waals surface area (Å²) in [5.41, 5.74) is 7.66. The molecule has 1 unspecified atom stereocenters. The van der Waals surface area contributed by atoms with E-state index in [0.29, 0.717) is 17.4 Å². The van der Waals surface area contributed by atoms with E-state index in [1.807, 2.05) is 10.6 Å². The Balaban J connectivity index is 1.78. The average Bonchev–Trinajstić information content (AvgIpc) is 2.74. The molecule has 1 atom stereocenters. The van der Waals surface area contributed by atoms with Crippen molar-refractivity contribution < 1.29 is 0 Å². The van der Waals surface area contributed by atoms with Crippen molar-refractivity contribution >= 4 is 5.82 Å². The van der Waals surface area contributed by atoms with Crippen LogP contribution in [0.1, 0.15) is 23.5 Å². The highest BCUT2D eigenvalue weighted by Crippen LogP contribution is 2.26. The van der Waals surface area contributed by atoms with E-state index in [1.165, 1.54) is 5.56 Å². The van der Waals surface area contributed by atoms with Gasteiger partial charge in [0, 0.05) is 13.0 Å². The minimum Gasteiger partial charge on any atom is -0.381 e. The van der Waals surface area contributed by atoms with E-state index in [9.17, 15) is 0 Å². The number of nitrogens with zero attached hydrogens (tertiary/aromatic N) is 3. The zero-order valence-corrected chi connectivity index (χ0v) is 10.7. The van der Waals surface area contributed by atoms with Crippen LogP contribution >= 0.6 is 0 Å². The number of aromatic nitrogens is 2. The van der Waals surface area contributed by atoms with Crippen LogP contribution in [0.25, 0.3) is 0 Å². The summed E-state index contributed by atoms with van der Waals surface area (Å²) < 4.78 is 1.97. The van der Waals surface area contributed by atoms with Gasteiger partial charge >= 0.3 is 0 Å². The molecule has 4 heteroatoms. The summed E-state index contributed by atoms with van der Waals surface area (Å²) in [6, 6.07) is 12.7. The smallest absolute Gasteiger partial charge is 0.164 e. The van der Waals surface area contributed by atoms with Crippen LogP contribution in [0.15, 0.2) is 30.3 Å². The molecule has 3 rings (SSSR count). The summed E-state index contributed by atoms with van der Waals surface area (Å²) in [7, 11) is 0. The number of nitriles is 1. The second kappa shape index (κ2) is 4.77. The van der Waals surface area contributed by atoms with Gasteiger partial charge in [0.1, 0.15) is 11.9 Å². The Kier molecular flexibility index (Phi) is 2.96. The molecule has 1 aromatic carbocycles. The first-order valence-corrected chi connectivity index (χ1v) is 6.57. The first kappa shape index (κ1) is 11.8. The van der Waals surface area contributed by atoms with Gasteiger partial charge < -0.3 is 10.3 Å². The predicted octanol–water partition coefficient (Wildman–Crippen LogP) is 2.14. The topological polar surface area (TPSA) is 67.6 Å². The number of anilines is 1. The lowest BCUT2D eigenvalue weighted by Crippen LogP contribution is -2.22. The standard InChI is InChI=1S/C15H16N4/c16-10-13-15(17)18-14-9-12(6-7-19(13)14)8-11-4-2-1-3-5-11/h1-5,12H,6-9,17H2. The Labute approximate surface area is 112 Å². The molecule has 1 aromatic heterocycles. The third kappa shape index (κ3) is 2.19. The van der Waals surface area contributed by atoms with Gasteiger partial charge in [0.2, 0.25) is 0 Å². The summed E-state index contributed by atoms with van der Waals surface area (Å²) in [4.78, 5) is 4.33. The zero-order valence-electron chi connectivity index (χ0n) is 10.7. The Morgan fingerprint density at radius 3 is 2.89 bits per heavy atom. The third-order valence-corrected chi connectivity index (χ3v) is 3.78. The third-order valence-electron chi connectivity index (χ3n) is 3.78. The highest BCUT2D eigenvalue weighted by Gasteiger charge is 2.24. The van der Waals surface area contributed by atoms with E-state index >= 15 is 0 Å². The minimum absolute atomic E-state index is 0.373. The minimum atomic E-state index is 0.373. The van der Waals surface area contributed by atoms with Gasteiger partial charge in [-0.15, -0.1) is 0 Å². The second-order valence-corrected chi connectivity index (χ2v) is 5.07. The largest absolute Gasteiger partial charge is 0.381 e. The van der Waals surface area contributed by atoms with Gasteiger partial charge in [-0.2, -0.15) is 5.26 Å². The van der Waals surface area contributed by atoms with Crippen LogP contribution in [0.5, 0.6) is 0 Å². The molecule has 0 bridgehead atoms. The van der Waals surface area contributed by atoms with Gasteiger partial charge in [0.25, 0.3) is 0 Å². The lowest BCUT2D eigenvalue weighted by Gasteiger charge is -2.23. The molecular weight excluding hydrogens is 236 g/mol. The lowest BCUT2D eigenvalue weighted by molar-refractivity contribution is 0.378. The van der Waals surface area contributed by atoms with E-state index in [0.717, 1.165) is 31.6 Å². The molecular formula is C15H16N4. The molecule has 0 saturated carbocycles. The fraction of sp³-hybridized carbons (Fsp3) is 0.333. The maximum absolute atomic E-state index is 9.07. The number of rotatable bonds is 2. The van der Waals surface area contributed by atoms with E-state index in [-0.39, 0.29) is 0 Å². The first-order chi connectivity index (χ1) is 9.28.